The number of benzene rings is 2. The zero-order valence-corrected chi connectivity index (χ0v) is 16.0. The van der Waals surface area contributed by atoms with Gasteiger partial charge in [0.25, 0.3) is 0 Å². The molecular formula is C20H21LiN2O5. The number of hydrogen-bond donors (Lipinski definition) is 1. The normalized spacial score (nSPS) is 10.9. The molecule has 142 valence electrons. The van der Waals surface area contributed by atoms with E-state index in [1.807, 2.05) is 36.4 Å². The molecule has 1 N–H and O–H groups in total. The molecule has 2 aromatic rings. The van der Waals surface area contributed by atoms with Crippen molar-refractivity contribution in [3.8, 4) is 0 Å². The Morgan fingerprint density at radius 2 is 1.54 bits per heavy atom. The van der Waals surface area contributed by atoms with Gasteiger partial charge in [-0.3, -0.25) is 4.79 Å². The van der Waals surface area contributed by atoms with Crippen molar-refractivity contribution in [3.05, 3.63) is 71.8 Å². The molecule has 0 aromatic heterocycles. The van der Waals surface area contributed by atoms with Crippen LogP contribution in [0.15, 0.2) is 60.7 Å². The quantitative estimate of drug-likeness (QED) is 0.524. The number of likely N-dealkylation sites (N-methyl/N-ethyl adjacent to an activating group) is 1. The number of nitrogens with one attached hydrogen (secondary N) is 1. The summed E-state index contributed by atoms with van der Waals surface area (Å²) in [5.41, 5.74) is 1.58. The third kappa shape index (κ3) is 7.87. The first-order chi connectivity index (χ1) is 13.0. The maximum absolute atomic E-state index is 12.1. The molecule has 2 amide bonds. The van der Waals surface area contributed by atoms with Gasteiger partial charge in [-0.1, -0.05) is 60.7 Å². The van der Waals surface area contributed by atoms with E-state index in [0.717, 1.165) is 16.0 Å². The summed E-state index contributed by atoms with van der Waals surface area (Å²) in [6, 6.07) is 16.8. The summed E-state index contributed by atoms with van der Waals surface area (Å²) < 4.78 is 5.12. The fraction of sp³-hybridized carbons (Fsp3) is 0.250. The van der Waals surface area contributed by atoms with Gasteiger partial charge in [-0.05, 0) is 17.5 Å². The van der Waals surface area contributed by atoms with Crippen LogP contribution in [-0.4, -0.2) is 42.5 Å². The van der Waals surface area contributed by atoms with Crippen LogP contribution >= 0.6 is 0 Å². The Kier molecular flexibility index (Phi) is 9.86. The summed E-state index contributed by atoms with van der Waals surface area (Å²) in [4.78, 5) is 36.4. The second-order valence-corrected chi connectivity index (χ2v) is 6.03. The molecule has 2 aromatic carbocycles. The molecule has 7 nitrogen and oxygen atoms in total. The van der Waals surface area contributed by atoms with Gasteiger partial charge in [-0.25, -0.2) is 4.79 Å². The van der Waals surface area contributed by atoms with Crippen molar-refractivity contribution in [2.75, 3.05) is 13.6 Å². The van der Waals surface area contributed by atoms with E-state index in [9.17, 15) is 19.5 Å². The number of carbonyl (C=O) groups excluding carboxylic acids is 3. The molecule has 0 aliphatic heterocycles. The van der Waals surface area contributed by atoms with Crippen LogP contribution in [0.25, 0.3) is 0 Å². The Morgan fingerprint density at radius 3 is 2.07 bits per heavy atom. The molecular weight excluding hydrogens is 355 g/mol. The summed E-state index contributed by atoms with van der Waals surface area (Å²) in [5.74, 6) is -2.00. The van der Waals surface area contributed by atoms with Crippen LogP contribution in [0.3, 0.4) is 0 Å². The zero-order valence-electron chi connectivity index (χ0n) is 16.0. The Labute approximate surface area is 175 Å². The zero-order chi connectivity index (χ0) is 19.6. The number of carbonyl (C=O) groups is 3. The average molecular weight is 376 g/mol. The van der Waals surface area contributed by atoms with Crippen LogP contribution in [0.2, 0.25) is 0 Å². The van der Waals surface area contributed by atoms with Crippen LogP contribution in [0.4, 0.5) is 4.79 Å². The number of aliphatic carboxylic acids is 1. The van der Waals surface area contributed by atoms with Crippen molar-refractivity contribution < 1.29 is 43.1 Å². The number of amides is 2. The molecule has 1 atom stereocenters. The first-order valence-electron chi connectivity index (χ1n) is 8.41. The van der Waals surface area contributed by atoms with Gasteiger partial charge in [0.15, 0.2) is 0 Å². The Morgan fingerprint density at radius 1 is 1.00 bits per heavy atom. The second-order valence-electron chi connectivity index (χ2n) is 6.03. The molecule has 0 spiro atoms. The van der Waals surface area contributed by atoms with E-state index < -0.39 is 24.0 Å². The summed E-state index contributed by atoms with van der Waals surface area (Å²) in [6.45, 7) is -0.243. The third-order valence-corrected chi connectivity index (χ3v) is 3.80. The van der Waals surface area contributed by atoms with Crippen molar-refractivity contribution in [2.45, 2.75) is 19.1 Å². The summed E-state index contributed by atoms with van der Waals surface area (Å²) >= 11 is 0. The predicted octanol–water partition coefficient (Wildman–Crippen LogP) is -2.26. The Balaban J connectivity index is 0.00000392. The number of carboxylic acid groups (broad SMARTS) is 1. The number of nitrogens with zero attached hydrogens (tertiary/aromatic N) is 1. The van der Waals surface area contributed by atoms with Crippen molar-refractivity contribution >= 4 is 18.0 Å². The minimum Gasteiger partial charge on any atom is -0.548 e. The Bertz CT molecular complexity index is 771. The van der Waals surface area contributed by atoms with Crippen molar-refractivity contribution in [3.63, 3.8) is 0 Å². The summed E-state index contributed by atoms with van der Waals surface area (Å²) in [6.07, 6.45) is -0.584. The number of ether oxygens (including phenoxy) is 1. The standard InChI is InChI=1S/C20H22N2O5.Li/c1-22(20(26)27-14-16-10-6-3-7-11-16)13-18(23)21-17(19(24)25)12-15-8-4-2-5-9-15;/h2-11,17H,12-14H2,1H3,(H,21,23)(H,24,25);/q;+1/p-1/t17-;/m0./s1. The third-order valence-electron chi connectivity index (χ3n) is 3.80. The minimum absolute atomic E-state index is 0. The maximum atomic E-state index is 12.1. The first kappa shape index (κ1) is 23.3. The van der Waals surface area contributed by atoms with Crippen LogP contribution in [0.1, 0.15) is 11.1 Å². The molecule has 8 heteroatoms. The van der Waals surface area contributed by atoms with E-state index in [1.165, 1.54) is 7.05 Å². The molecule has 0 aliphatic rings. The largest absolute Gasteiger partial charge is 1.00 e. The first-order valence-corrected chi connectivity index (χ1v) is 8.41. The smallest absolute Gasteiger partial charge is 0.548 e. The van der Waals surface area contributed by atoms with E-state index in [0.29, 0.717) is 0 Å². The molecule has 0 saturated carbocycles. The fourth-order valence-electron chi connectivity index (χ4n) is 2.39. The summed E-state index contributed by atoms with van der Waals surface area (Å²) in [5, 5.41) is 13.7. The molecule has 28 heavy (non-hydrogen) atoms. The van der Waals surface area contributed by atoms with Crippen molar-refractivity contribution in [1.82, 2.24) is 10.2 Å². The molecule has 0 bridgehead atoms. The van der Waals surface area contributed by atoms with Crippen LogP contribution < -0.4 is 29.3 Å². The van der Waals surface area contributed by atoms with E-state index >= 15 is 0 Å². The molecule has 0 saturated heterocycles. The van der Waals surface area contributed by atoms with E-state index in [-0.39, 0.29) is 38.4 Å². The van der Waals surface area contributed by atoms with Gasteiger partial charge >= 0.3 is 25.0 Å². The van der Waals surface area contributed by atoms with Crippen LogP contribution in [0.5, 0.6) is 0 Å². The summed E-state index contributed by atoms with van der Waals surface area (Å²) in [7, 11) is 1.40. The average Bonchev–Trinajstić information content (AvgIpc) is 2.67. The molecule has 0 heterocycles. The molecule has 2 rings (SSSR count). The molecule has 0 aliphatic carbocycles. The fourth-order valence-corrected chi connectivity index (χ4v) is 2.39. The van der Waals surface area contributed by atoms with Crippen LogP contribution in [0, 0.1) is 0 Å². The van der Waals surface area contributed by atoms with Crippen molar-refractivity contribution in [1.29, 1.82) is 0 Å². The van der Waals surface area contributed by atoms with Gasteiger partial charge in [0, 0.05) is 7.05 Å². The molecule has 0 radical (unpaired) electrons. The van der Waals surface area contributed by atoms with Gasteiger partial charge in [0.05, 0.1) is 12.0 Å². The molecule has 0 fully saturated rings. The van der Waals surface area contributed by atoms with E-state index in [1.54, 1.807) is 24.3 Å². The van der Waals surface area contributed by atoms with E-state index in [2.05, 4.69) is 5.32 Å². The predicted molar refractivity (Wildman–Crippen MR) is 96.3 cm³/mol. The van der Waals surface area contributed by atoms with Crippen molar-refractivity contribution in [2.24, 2.45) is 0 Å². The minimum atomic E-state index is -1.39. The van der Waals surface area contributed by atoms with Gasteiger partial charge < -0.3 is 24.9 Å². The molecule has 0 unspecified atom stereocenters. The number of rotatable bonds is 8. The van der Waals surface area contributed by atoms with Gasteiger partial charge in [0.1, 0.15) is 13.2 Å². The topological polar surface area (TPSA) is 98.8 Å². The monoisotopic (exact) mass is 376 g/mol. The number of hydrogen-bond acceptors (Lipinski definition) is 5. The van der Waals surface area contributed by atoms with Gasteiger partial charge in [-0.2, -0.15) is 0 Å². The SMILES string of the molecule is CN(CC(=O)N[C@@H](Cc1ccccc1)C(=O)[O-])C(=O)OCc1ccccc1.[Li+]. The van der Waals surface area contributed by atoms with Gasteiger partial charge in [-0.15, -0.1) is 0 Å². The maximum Gasteiger partial charge on any atom is 1.00 e. The number of carboxylic acids is 1. The van der Waals surface area contributed by atoms with Gasteiger partial charge in [0.2, 0.25) is 5.91 Å². The Hall–Kier alpha value is -2.75. The van der Waals surface area contributed by atoms with Crippen LogP contribution in [-0.2, 0) is 27.4 Å². The van der Waals surface area contributed by atoms with E-state index in [4.69, 9.17) is 4.74 Å². The second kappa shape index (κ2) is 11.9.